The molecular weight excluding hydrogens is 306 g/mol. The second-order valence-corrected chi connectivity index (χ2v) is 6.86. The minimum absolute atomic E-state index is 0.0415. The van der Waals surface area contributed by atoms with Crippen molar-refractivity contribution in [3.05, 3.63) is 33.9 Å². The Morgan fingerprint density at radius 2 is 1.83 bits per heavy atom. The molecule has 0 aromatic heterocycles. The summed E-state index contributed by atoms with van der Waals surface area (Å²) in [7, 11) is 1.82. The van der Waals surface area contributed by atoms with Crippen molar-refractivity contribution in [1.82, 2.24) is 4.90 Å². The highest BCUT2D eigenvalue weighted by Gasteiger charge is 2.27. The zero-order valence-corrected chi connectivity index (χ0v) is 14.2. The first-order valence-electron chi connectivity index (χ1n) is 8.88. The van der Waals surface area contributed by atoms with Gasteiger partial charge in [-0.15, -0.1) is 0 Å². The van der Waals surface area contributed by atoms with Crippen LogP contribution in [-0.2, 0) is 0 Å². The number of nitro groups is 1. The largest absolute Gasteiger partial charge is 0.366 e. The highest BCUT2D eigenvalue weighted by molar-refractivity contribution is 5.95. The molecule has 0 atom stereocenters. The number of carbonyl (C=O) groups is 1. The van der Waals surface area contributed by atoms with E-state index in [0.717, 1.165) is 51.6 Å². The Bertz CT molecular complexity index is 620. The van der Waals surface area contributed by atoms with Crippen molar-refractivity contribution < 1.29 is 9.72 Å². The minimum Gasteiger partial charge on any atom is -0.366 e. The predicted octanol–water partition coefficient (Wildman–Crippen LogP) is 3.60. The van der Waals surface area contributed by atoms with Crippen molar-refractivity contribution in [2.24, 2.45) is 0 Å². The van der Waals surface area contributed by atoms with Gasteiger partial charge in [-0.3, -0.25) is 14.9 Å². The number of hydrogen-bond donors (Lipinski definition) is 0. The van der Waals surface area contributed by atoms with Crippen LogP contribution < -0.4 is 4.90 Å². The van der Waals surface area contributed by atoms with E-state index in [-0.39, 0.29) is 22.6 Å². The molecule has 0 spiro atoms. The molecule has 6 nitrogen and oxygen atoms in total. The lowest BCUT2D eigenvalue weighted by Gasteiger charge is -2.31. The van der Waals surface area contributed by atoms with Crippen LogP contribution in [0.5, 0.6) is 0 Å². The van der Waals surface area contributed by atoms with Gasteiger partial charge in [0.25, 0.3) is 11.6 Å². The summed E-state index contributed by atoms with van der Waals surface area (Å²) < 4.78 is 0. The number of amides is 1. The molecule has 0 radical (unpaired) electrons. The molecule has 6 heteroatoms. The fourth-order valence-corrected chi connectivity index (χ4v) is 3.87. The summed E-state index contributed by atoms with van der Waals surface area (Å²) in [5.74, 6) is -0.113. The molecule has 3 rings (SSSR count). The molecule has 130 valence electrons. The third-order valence-electron chi connectivity index (χ3n) is 5.31. The molecule has 2 fully saturated rings. The predicted molar refractivity (Wildman–Crippen MR) is 93.5 cm³/mol. The van der Waals surface area contributed by atoms with E-state index < -0.39 is 0 Å². The van der Waals surface area contributed by atoms with Crippen LogP contribution in [0.25, 0.3) is 0 Å². The zero-order valence-electron chi connectivity index (χ0n) is 14.2. The van der Waals surface area contributed by atoms with Gasteiger partial charge >= 0.3 is 0 Å². The van der Waals surface area contributed by atoms with Crippen LogP contribution in [0.15, 0.2) is 18.2 Å². The smallest absolute Gasteiger partial charge is 0.293 e. The Kier molecular flexibility index (Phi) is 5.02. The second-order valence-electron chi connectivity index (χ2n) is 6.86. The monoisotopic (exact) mass is 331 g/mol. The van der Waals surface area contributed by atoms with Crippen molar-refractivity contribution in [2.75, 3.05) is 25.0 Å². The Hall–Kier alpha value is -2.11. The highest BCUT2D eigenvalue weighted by Crippen LogP contribution is 2.32. The Balaban J connectivity index is 1.83. The van der Waals surface area contributed by atoms with Crippen LogP contribution in [0.2, 0.25) is 0 Å². The summed E-state index contributed by atoms with van der Waals surface area (Å²) in [6.07, 6.45) is 7.69. The Morgan fingerprint density at radius 1 is 1.17 bits per heavy atom. The third-order valence-corrected chi connectivity index (χ3v) is 5.31. The molecule has 1 aromatic carbocycles. The first-order valence-corrected chi connectivity index (χ1v) is 8.88. The van der Waals surface area contributed by atoms with E-state index in [1.807, 2.05) is 11.9 Å². The number of nitrogens with zero attached hydrogens (tertiary/aromatic N) is 3. The lowest BCUT2D eigenvalue weighted by atomic mass is 9.94. The van der Waals surface area contributed by atoms with Crippen molar-refractivity contribution in [3.63, 3.8) is 0 Å². The zero-order chi connectivity index (χ0) is 17.1. The van der Waals surface area contributed by atoms with E-state index in [9.17, 15) is 14.9 Å². The molecule has 1 amide bonds. The van der Waals surface area contributed by atoms with Crippen LogP contribution in [0.3, 0.4) is 0 Å². The van der Waals surface area contributed by atoms with Crippen LogP contribution in [0.1, 0.15) is 55.3 Å². The molecule has 1 aromatic rings. The minimum atomic E-state index is -0.370. The average molecular weight is 331 g/mol. The van der Waals surface area contributed by atoms with E-state index in [0.29, 0.717) is 11.3 Å². The van der Waals surface area contributed by atoms with Crippen molar-refractivity contribution in [2.45, 2.75) is 51.0 Å². The number of hydrogen-bond acceptors (Lipinski definition) is 4. The van der Waals surface area contributed by atoms with Crippen molar-refractivity contribution >= 4 is 17.3 Å². The van der Waals surface area contributed by atoms with Crippen LogP contribution in [0, 0.1) is 10.1 Å². The van der Waals surface area contributed by atoms with E-state index >= 15 is 0 Å². The van der Waals surface area contributed by atoms with Gasteiger partial charge in [0.1, 0.15) is 5.69 Å². The SMILES string of the molecule is CN(C(=O)c1ccc(N2CCCC2)c([N+](=O)[O-])c1)C1CCCCC1. The topological polar surface area (TPSA) is 66.7 Å². The molecule has 1 saturated carbocycles. The summed E-state index contributed by atoms with van der Waals surface area (Å²) in [4.78, 5) is 27.7. The van der Waals surface area contributed by atoms with Gasteiger partial charge in [-0.1, -0.05) is 19.3 Å². The van der Waals surface area contributed by atoms with E-state index in [1.165, 1.54) is 12.5 Å². The van der Waals surface area contributed by atoms with Gasteiger partial charge in [0.05, 0.1) is 4.92 Å². The highest BCUT2D eigenvalue weighted by atomic mass is 16.6. The van der Waals surface area contributed by atoms with Gasteiger partial charge in [-0.05, 0) is 37.8 Å². The van der Waals surface area contributed by atoms with Crippen LogP contribution >= 0.6 is 0 Å². The second kappa shape index (κ2) is 7.20. The molecule has 1 heterocycles. The quantitative estimate of drug-likeness (QED) is 0.624. The third kappa shape index (κ3) is 3.37. The number of nitro benzene ring substituents is 1. The van der Waals surface area contributed by atoms with Gasteiger partial charge in [-0.2, -0.15) is 0 Å². The Labute approximate surface area is 142 Å². The van der Waals surface area contributed by atoms with Gasteiger partial charge in [0, 0.05) is 37.8 Å². The van der Waals surface area contributed by atoms with Crippen molar-refractivity contribution in [1.29, 1.82) is 0 Å². The van der Waals surface area contributed by atoms with E-state index in [1.54, 1.807) is 17.0 Å². The molecule has 1 aliphatic carbocycles. The fraction of sp³-hybridized carbons (Fsp3) is 0.611. The summed E-state index contributed by atoms with van der Waals surface area (Å²) in [5.41, 5.74) is 1.09. The summed E-state index contributed by atoms with van der Waals surface area (Å²) in [6.45, 7) is 1.69. The maximum atomic E-state index is 12.7. The molecule has 1 aliphatic heterocycles. The molecule has 0 bridgehead atoms. The summed E-state index contributed by atoms with van der Waals surface area (Å²) in [5, 5.41) is 11.5. The number of carbonyl (C=O) groups excluding carboxylic acids is 1. The number of benzene rings is 1. The summed E-state index contributed by atoms with van der Waals surface area (Å²) >= 11 is 0. The van der Waals surface area contributed by atoms with Gasteiger partial charge in [0.2, 0.25) is 0 Å². The first-order chi connectivity index (χ1) is 11.6. The first kappa shape index (κ1) is 16.7. The maximum absolute atomic E-state index is 12.7. The maximum Gasteiger partial charge on any atom is 0.293 e. The molecule has 24 heavy (non-hydrogen) atoms. The standard InChI is InChI=1S/C18H25N3O3/c1-19(15-7-3-2-4-8-15)18(22)14-9-10-16(17(13-14)21(23)24)20-11-5-6-12-20/h9-10,13,15H,2-8,11-12H2,1H3. The number of rotatable bonds is 4. The van der Waals surface area contributed by atoms with Crippen LogP contribution in [0.4, 0.5) is 11.4 Å². The van der Waals surface area contributed by atoms with Crippen LogP contribution in [-0.4, -0.2) is 41.9 Å². The average Bonchev–Trinajstić information content (AvgIpc) is 3.15. The molecule has 0 N–H and O–H groups in total. The molecular formula is C18H25N3O3. The normalized spacial score (nSPS) is 18.6. The lowest BCUT2D eigenvalue weighted by Crippen LogP contribution is -2.38. The van der Waals surface area contributed by atoms with E-state index in [2.05, 4.69) is 0 Å². The number of anilines is 1. The van der Waals surface area contributed by atoms with Crippen molar-refractivity contribution in [3.8, 4) is 0 Å². The van der Waals surface area contributed by atoms with Gasteiger partial charge in [-0.25, -0.2) is 0 Å². The molecule has 2 aliphatic rings. The van der Waals surface area contributed by atoms with Gasteiger partial charge < -0.3 is 9.80 Å². The summed E-state index contributed by atoms with van der Waals surface area (Å²) in [6, 6.07) is 5.19. The lowest BCUT2D eigenvalue weighted by molar-refractivity contribution is -0.384. The Morgan fingerprint density at radius 3 is 2.46 bits per heavy atom. The van der Waals surface area contributed by atoms with E-state index in [4.69, 9.17) is 0 Å². The fourth-order valence-electron chi connectivity index (χ4n) is 3.87. The van der Waals surface area contributed by atoms with Gasteiger partial charge in [0.15, 0.2) is 0 Å². The molecule has 1 saturated heterocycles. The molecule has 0 unspecified atom stereocenters.